The van der Waals surface area contributed by atoms with E-state index >= 15 is 0 Å². The van der Waals surface area contributed by atoms with Crippen LogP contribution in [0, 0.1) is 0 Å². The van der Waals surface area contributed by atoms with Crippen molar-refractivity contribution in [3.8, 4) is 0 Å². The van der Waals surface area contributed by atoms with Gasteiger partial charge in [0.1, 0.15) is 6.54 Å². The van der Waals surface area contributed by atoms with Gasteiger partial charge in [0, 0.05) is 0 Å². The van der Waals surface area contributed by atoms with E-state index in [0.717, 1.165) is 19.3 Å². The fourth-order valence-corrected chi connectivity index (χ4v) is 0.529. The molecular weight excluding hydrogens is 130 g/mol. The lowest BCUT2D eigenvalue weighted by Gasteiger charge is -1.86. The Balaban J connectivity index is 3.12. The summed E-state index contributed by atoms with van der Waals surface area (Å²) in [5.41, 5.74) is 0. The first-order valence-electron chi connectivity index (χ1n) is 3.47. The van der Waals surface area contributed by atoms with Crippen LogP contribution in [-0.2, 0) is 4.79 Å². The summed E-state index contributed by atoms with van der Waals surface area (Å²) < 4.78 is 0. The van der Waals surface area contributed by atoms with Crippen LogP contribution in [0.25, 0.3) is 0 Å². The van der Waals surface area contributed by atoms with Crippen LogP contribution in [0.4, 0.5) is 0 Å². The van der Waals surface area contributed by atoms with Gasteiger partial charge >= 0.3 is 5.97 Å². The summed E-state index contributed by atoms with van der Waals surface area (Å²) in [4.78, 5) is 13.6. The number of aliphatic imine (C=N–C) groups is 1. The number of aliphatic carboxylic acids is 1. The van der Waals surface area contributed by atoms with E-state index in [1.165, 1.54) is 0 Å². The minimum atomic E-state index is -0.868. The second-order valence-corrected chi connectivity index (χ2v) is 2.06. The monoisotopic (exact) mass is 143 g/mol. The summed E-state index contributed by atoms with van der Waals surface area (Å²) in [6.07, 6.45) is 4.78. The number of carboxylic acid groups (broad SMARTS) is 1. The van der Waals surface area contributed by atoms with E-state index < -0.39 is 5.97 Å². The molecule has 0 radical (unpaired) electrons. The molecule has 10 heavy (non-hydrogen) atoms. The predicted octanol–water partition coefficient (Wildman–Crippen LogP) is 1.33. The minimum absolute atomic E-state index is 0.0935. The van der Waals surface area contributed by atoms with E-state index in [0.29, 0.717) is 0 Å². The Bertz CT molecular complexity index is 121. The maximum absolute atomic E-state index is 9.92. The van der Waals surface area contributed by atoms with Crippen molar-refractivity contribution in [1.29, 1.82) is 0 Å². The van der Waals surface area contributed by atoms with Crippen LogP contribution in [0.3, 0.4) is 0 Å². The van der Waals surface area contributed by atoms with Gasteiger partial charge in [0.25, 0.3) is 0 Å². The van der Waals surface area contributed by atoms with Crippen LogP contribution in [-0.4, -0.2) is 23.8 Å². The maximum Gasteiger partial charge on any atom is 0.325 e. The normalized spacial score (nSPS) is 10.5. The lowest BCUT2D eigenvalue weighted by Crippen LogP contribution is -1.98. The third kappa shape index (κ3) is 7.14. The molecule has 0 aliphatic heterocycles. The molecular formula is C7H13NO2. The third-order valence-electron chi connectivity index (χ3n) is 1.04. The molecule has 58 valence electrons. The van der Waals surface area contributed by atoms with Gasteiger partial charge in [-0.05, 0) is 19.1 Å². The number of nitrogens with zero attached hydrogens (tertiary/aromatic N) is 1. The Morgan fingerprint density at radius 3 is 2.90 bits per heavy atom. The summed E-state index contributed by atoms with van der Waals surface area (Å²) in [7, 11) is 0. The quantitative estimate of drug-likeness (QED) is 0.466. The number of carbonyl (C=O) groups is 1. The number of rotatable bonds is 5. The highest BCUT2D eigenvalue weighted by Crippen LogP contribution is 1.89. The fraction of sp³-hybridized carbons (Fsp3) is 0.714. The molecule has 0 fully saturated rings. The lowest BCUT2D eigenvalue weighted by atomic mass is 10.3. The zero-order valence-corrected chi connectivity index (χ0v) is 6.21. The molecule has 0 bridgehead atoms. The van der Waals surface area contributed by atoms with Crippen LogP contribution in [0.15, 0.2) is 4.99 Å². The smallest absolute Gasteiger partial charge is 0.325 e. The highest BCUT2D eigenvalue weighted by atomic mass is 16.4. The number of hydrogen-bond donors (Lipinski definition) is 1. The number of hydrogen-bond acceptors (Lipinski definition) is 2. The topological polar surface area (TPSA) is 49.7 Å². The maximum atomic E-state index is 9.92. The van der Waals surface area contributed by atoms with Crippen molar-refractivity contribution < 1.29 is 9.90 Å². The van der Waals surface area contributed by atoms with Crippen molar-refractivity contribution in [3.05, 3.63) is 0 Å². The lowest BCUT2D eigenvalue weighted by molar-refractivity contribution is -0.135. The Morgan fingerprint density at radius 1 is 1.70 bits per heavy atom. The second kappa shape index (κ2) is 6.26. The number of carboxylic acids is 1. The Morgan fingerprint density at radius 2 is 2.40 bits per heavy atom. The first kappa shape index (κ1) is 9.14. The Kier molecular flexibility index (Phi) is 5.72. The van der Waals surface area contributed by atoms with E-state index in [1.807, 2.05) is 0 Å². The van der Waals surface area contributed by atoms with E-state index in [1.54, 1.807) is 6.21 Å². The molecule has 0 spiro atoms. The zero-order chi connectivity index (χ0) is 7.82. The van der Waals surface area contributed by atoms with Crippen molar-refractivity contribution in [2.24, 2.45) is 4.99 Å². The molecule has 0 heterocycles. The summed E-state index contributed by atoms with van der Waals surface area (Å²) >= 11 is 0. The molecule has 0 amide bonds. The molecule has 0 unspecified atom stereocenters. The van der Waals surface area contributed by atoms with Gasteiger partial charge in [-0.25, -0.2) is 0 Å². The molecule has 0 aliphatic carbocycles. The van der Waals surface area contributed by atoms with Crippen LogP contribution in [0.2, 0.25) is 0 Å². The summed E-state index contributed by atoms with van der Waals surface area (Å²) in [6.45, 7) is 1.99. The molecule has 1 N–H and O–H groups in total. The molecule has 0 atom stereocenters. The van der Waals surface area contributed by atoms with Crippen LogP contribution in [0.5, 0.6) is 0 Å². The van der Waals surface area contributed by atoms with Crippen LogP contribution < -0.4 is 0 Å². The van der Waals surface area contributed by atoms with Crippen molar-refractivity contribution in [2.75, 3.05) is 6.54 Å². The Hall–Kier alpha value is -0.860. The summed E-state index contributed by atoms with van der Waals surface area (Å²) in [5, 5.41) is 8.16. The molecule has 0 aromatic carbocycles. The van der Waals surface area contributed by atoms with Crippen LogP contribution >= 0.6 is 0 Å². The highest BCUT2D eigenvalue weighted by molar-refractivity contribution is 5.71. The van der Waals surface area contributed by atoms with Gasteiger partial charge in [-0.2, -0.15) is 0 Å². The largest absolute Gasteiger partial charge is 0.480 e. The first-order chi connectivity index (χ1) is 4.77. The zero-order valence-electron chi connectivity index (χ0n) is 6.21. The predicted molar refractivity (Wildman–Crippen MR) is 40.5 cm³/mol. The van der Waals surface area contributed by atoms with Gasteiger partial charge in [-0.3, -0.25) is 9.79 Å². The van der Waals surface area contributed by atoms with Crippen molar-refractivity contribution >= 4 is 12.2 Å². The average molecular weight is 143 g/mol. The van der Waals surface area contributed by atoms with E-state index in [-0.39, 0.29) is 6.54 Å². The minimum Gasteiger partial charge on any atom is -0.480 e. The van der Waals surface area contributed by atoms with Gasteiger partial charge in [0.15, 0.2) is 0 Å². The van der Waals surface area contributed by atoms with E-state index in [2.05, 4.69) is 11.9 Å². The average Bonchev–Trinajstić information content (AvgIpc) is 1.87. The Labute approximate surface area is 60.8 Å². The molecule has 0 saturated heterocycles. The molecule has 0 aromatic rings. The summed E-state index contributed by atoms with van der Waals surface area (Å²) in [6, 6.07) is 0. The summed E-state index contributed by atoms with van der Waals surface area (Å²) in [5.74, 6) is -0.868. The molecule has 0 saturated carbocycles. The van der Waals surface area contributed by atoms with Gasteiger partial charge in [0.05, 0.1) is 0 Å². The molecule has 3 nitrogen and oxygen atoms in total. The van der Waals surface area contributed by atoms with Gasteiger partial charge in [-0.15, -0.1) is 0 Å². The molecule has 3 heteroatoms. The molecule has 0 aliphatic rings. The second-order valence-electron chi connectivity index (χ2n) is 2.06. The molecule has 0 aromatic heterocycles. The van der Waals surface area contributed by atoms with Gasteiger partial charge < -0.3 is 5.11 Å². The first-order valence-corrected chi connectivity index (χ1v) is 3.47. The fourth-order valence-electron chi connectivity index (χ4n) is 0.529. The number of unbranched alkanes of at least 4 members (excludes halogenated alkanes) is 2. The van der Waals surface area contributed by atoms with E-state index in [4.69, 9.17) is 5.11 Å². The standard InChI is InChI=1S/C7H13NO2/c1-2-3-4-5-8-6-7(9)10/h5H,2-4,6H2,1H3,(H,9,10). The van der Waals surface area contributed by atoms with E-state index in [9.17, 15) is 4.79 Å². The molecule has 0 rings (SSSR count). The SMILES string of the molecule is CCCCC=NCC(=O)O. The van der Waals surface area contributed by atoms with Crippen molar-refractivity contribution in [2.45, 2.75) is 26.2 Å². The van der Waals surface area contributed by atoms with Crippen molar-refractivity contribution in [1.82, 2.24) is 0 Å². The van der Waals surface area contributed by atoms with Gasteiger partial charge in [-0.1, -0.05) is 13.3 Å². The van der Waals surface area contributed by atoms with Crippen molar-refractivity contribution in [3.63, 3.8) is 0 Å². The van der Waals surface area contributed by atoms with Crippen LogP contribution in [0.1, 0.15) is 26.2 Å². The third-order valence-corrected chi connectivity index (χ3v) is 1.04. The highest BCUT2D eigenvalue weighted by Gasteiger charge is 1.88. The van der Waals surface area contributed by atoms with Gasteiger partial charge in [0.2, 0.25) is 0 Å².